The summed E-state index contributed by atoms with van der Waals surface area (Å²) in [6.45, 7) is 3.05. The number of hydrogen-bond acceptors (Lipinski definition) is 8. The SMILES string of the molecule is CC(CO)(C(=O)N1CC(N)=C(/C=N/Sc2ccc3c(c2)OCCO3)C1)c1ccccn1. The number of carbonyl (C=O) groups is 1. The minimum atomic E-state index is -1.13. The Morgan fingerprint density at radius 2 is 2.10 bits per heavy atom. The normalized spacial score (nSPS) is 17.8. The van der Waals surface area contributed by atoms with Crippen molar-refractivity contribution in [2.24, 2.45) is 10.1 Å². The molecule has 2 aliphatic heterocycles. The number of hydrogen-bond donors (Lipinski definition) is 2. The zero-order chi connectivity index (χ0) is 21.8. The van der Waals surface area contributed by atoms with Gasteiger partial charge in [0.1, 0.15) is 18.6 Å². The zero-order valence-corrected chi connectivity index (χ0v) is 18.0. The zero-order valence-electron chi connectivity index (χ0n) is 17.2. The monoisotopic (exact) mass is 440 g/mol. The summed E-state index contributed by atoms with van der Waals surface area (Å²) < 4.78 is 15.5. The number of rotatable bonds is 6. The first-order chi connectivity index (χ1) is 15.0. The van der Waals surface area contributed by atoms with Crippen molar-refractivity contribution in [1.82, 2.24) is 9.88 Å². The van der Waals surface area contributed by atoms with Crippen LogP contribution in [-0.4, -0.2) is 60.0 Å². The van der Waals surface area contributed by atoms with E-state index >= 15 is 0 Å². The number of benzene rings is 1. The second-order valence-electron chi connectivity index (χ2n) is 7.55. The van der Waals surface area contributed by atoms with Crippen LogP contribution in [0.2, 0.25) is 0 Å². The molecule has 1 aromatic heterocycles. The maximum Gasteiger partial charge on any atom is 0.237 e. The molecule has 162 valence electrons. The second kappa shape index (κ2) is 8.99. The van der Waals surface area contributed by atoms with Crippen LogP contribution in [0.4, 0.5) is 0 Å². The molecule has 3 N–H and O–H groups in total. The highest BCUT2D eigenvalue weighted by atomic mass is 32.2. The summed E-state index contributed by atoms with van der Waals surface area (Å²) in [5.74, 6) is 1.22. The number of carbonyl (C=O) groups excluding carboxylic acids is 1. The highest BCUT2D eigenvalue weighted by Crippen LogP contribution is 2.34. The Kier molecular flexibility index (Phi) is 6.15. The van der Waals surface area contributed by atoms with Crippen molar-refractivity contribution in [2.45, 2.75) is 17.2 Å². The second-order valence-corrected chi connectivity index (χ2v) is 8.41. The van der Waals surface area contributed by atoms with Gasteiger partial charge in [-0.3, -0.25) is 9.78 Å². The third-order valence-electron chi connectivity index (χ3n) is 5.32. The average molecular weight is 441 g/mol. The van der Waals surface area contributed by atoms with E-state index < -0.39 is 5.41 Å². The number of amides is 1. The van der Waals surface area contributed by atoms with Gasteiger partial charge in [-0.05, 0) is 37.3 Å². The van der Waals surface area contributed by atoms with E-state index in [1.165, 1.54) is 11.9 Å². The van der Waals surface area contributed by atoms with Gasteiger partial charge in [0, 0.05) is 47.1 Å². The first-order valence-electron chi connectivity index (χ1n) is 9.90. The quantitative estimate of drug-likeness (QED) is 0.522. The van der Waals surface area contributed by atoms with E-state index in [0.717, 1.165) is 16.2 Å². The number of aromatic nitrogens is 1. The Balaban J connectivity index is 1.41. The van der Waals surface area contributed by atoms with Crippen molar-refractivity contribution >= 4 is 24.1 Å². The van der Waals surface area contributed by atoms with Crippen LogP contribution in [0.5, 0.6) is 11.5 Å². The molecule has 1 atom stereocenters. The van der Waals surface area contributed by atoms with E-state index in [0.29, 0.717) is 36.9 Å². The largest absolute Gasteiger partial charge is 0.486 e. The standard InChI is InChI=1S/C22H24N4O4S/c1-22(14-27,20-4-2-3-7-24-20)21(28)26-12-15(17(23)13-26)11-25-31-16-5-6-18-19(10-16)30-9-8-29-18/h2-7,10-11,27H,8-9,12-14,23H2,1H3/b25-11+. The van der Waals surface area contributed by atoms with Crippen molar-refractivity contribution in [3.05, 3.63) is 59.6 Å². The molecule has 8 nitrogen and oxygen atoms in total. The van der Waals surface area contributed by atoms with Gasteiger partial charge in [-0.1, -0.05) is 6.07 Å². The number of aliphatic hydroxyl groups excluding tert-OH is 1. The molecule has 0 aliphatic carbocycles. The molecule has 0 spiro atoms. The van der Waals surface area contributed by atoms with Gasteiger partial charge < -0.3 is 25.2 Å². The van der Waals surface area contributed by atoms with Crippen molar-refractivity contribution < 1.29 is 19.4 Å². The molecule has 31 heavy (non-hydrogen) atoms. The Hall–Kier alpha value is -3.04. The Morgan fingerprint density at radius 1 is 1.29 bits per heavy atom. The maximum atomic E-state index is 13.2. The van der Waals surface area contributed by atoms with Crippen molar-refractivity contribution in [3.8, 4) is 11.5 Å². The fourth-order valence-electron chi connectivity index (χ4n) is 3.47. The van der Waals surface area contributed by atoms with Gasteiger partial charge in [0.05, 0.1) is 18.8 Å². The Labute approximate surface area is 184 Å². The molecule has 1 aromatic carbocycles. The number of nitrogens with zero attached hydrogens (tertiary/aromatic N) is 3. The van der Waals surface area contributed by atoms with Gasteiger partial charge in [0.25, 0.3) is 0 Å². The first kappa shape index (κ1) is 21.2. The topological polar surface area (TPSA) is 110 Å². The number of nitrogens with two attached hydrogens (primary N) is 1. The fourth-order valence-corrected chi connectivity index (χ4v) is 4.06. The summed E-state index contributed by atoms with van der Waals surface area (Å²) in [7, 11) is 0. The molecule has 2 aliphatic rings. The molecule has 0 saturated carbocycles. The molecule has 1 unspecified atom stereocenters. The van der Waals surface area contributed by atoms with E-state index in [9.17, 15) is 9.90 Å². The molecule has 3 heterocycles. The van der Waals surface area contributed by atoms with Crippen LogP contribution in [-0.2, 0) is 10.2 Å². The van der Waals surface area contributed by atoms with Crippen LogP contribution in [0, 0.1) is 0 Å². The molecule has 2 aromatic rings. The van der Waals surface area contributed by atoms with E-state index in [1.54, 1.807) is 42.4 Å². The molecular formula is C22H24N4O4S. The summed E-state index contributed by atoms with van der Waals surface area (Å²) >= 11 is 1.29. The van der Waals surface area contributed by atoms with Crippen molar-refractivity contribution in [1.29, 1.82) is 0 Å². The molecule has 0 fully saturated rings. The molecule has 9 heteroatoms. The molecule has 0 saturated heterocycles. The summed E-state index contributed by atoms with van der Waals surface area (Å²) in [5.41, 5.74) is 6.93. The van der Waals surface area contributed by atoms with Gasteiger partial charge in [-0.15, -0.1) is 0 Å². The van der Waals surface area contributed by atoms with E-state index in [-0.39, 0.29) is 19.1 Å². The van der Waals surface area contributed by atoms with E-state index in [2.05, 4.69) is 9.38 Å². The smallest absolute Gasteiger partial charge is 0.237 e. The van der Waals surface area contributed by atoms with Gasteiger partial charge in [0.2, 0.25) is 5.91 Å². The molecule has 0 radical (unpaired) electrons. The number of ether oxygens (including phenoxy) is 2. The lowest BCUT2D eigenvalue weighted by molar-refractivity contribution is -0.137. The minimum absolute atomic E-state index is 0.223. The lowest BCUT2D eigenvalue weighted by atomic mass is 9.85. The lowest BCUT2D eigenvalue weighted by Crippen LogP contribution is -2.47. The first-order valence-corrected chi connectivity index (χ1v) is 10.7. The average Bonchev–Trinajstić information content (AvgIpc) is 3.18. The van der Waals surface area contributed by atoms with E-state index in [1.807, 2.05) is 18.2 Å². The molecule has 0 bridgehead atoms. The van der Waals surface area contributed by atoms with Gasteiger partial charge in [0.15, 0.2) is 11.5 Å². The van der Waals surface area contributed by atoms with Crippen molar-refractivity contribution in [2.75, 3.05) is 32.9 Å². The van der Waals surface area contributed by atoms with E-state index in [4.69, 9.17) is 15.2 Å². The van der Waals surface area contributed by atoms with Crippen LogP contribution < -0.4 is 15.2 Å². The molecule has 4 rings (SSSR count). The number of pyridine rings is 1. The number of fused-ring (bicyclic) bond motifs is 1. The van der Waals surface area contributed by atoms with Crippen LogP contribution in [0.15, 0.2) is 63.2 Å². The van der Waals surface area contributed by atoms with Gasteiger partial charge >= 0.3 is 0 Å². The summed E-state index contributed by atoms with van der Waals surface area (Å²) in [5, 5.41) is 9.97. The Bertz CT molecular complexity index is 1030. The fraction of sp³-hybridized carbons (Fsp3) is 0.318. The van der Waals surface area contributed by atoms with Crippen LogP contribution in [0.3, 0.4) is 0 Å². The maximum absolute atomic E-state index is 13.2. The van der Waals surface area contributed by atoms with Crippen LogP contribution in [0.25, 0.3) is 0 Å². The predicted molar refractivity (Wildman–Crippen MR) is 118 cm³/mol. The third kappa shape index (κ3) is 4.38. The summed E-state index contributed by atoms with van der Waals surface area (Å²) in [6.07, 6.45) is 3.29. The molecule has 1 amide bonds. The summed E-state index contributed by atoms with van der Waals surface area (Å²) in [4.78, 5) is 20.0. The Morgan fingerprint density at radius 3 is 2.84 bits per heavy atom. The molecular weight excluding hydrogens is 416 g/mol. The van der Waals surface area contributed by atoms with Crippen LogP contribution >= 0.6 is 11.9 Å². The van der Waals surface area contributed by atoms with Gasteiger partial charge in [-0.2, -0.15) is 0 Å². The lowest BCUT2D eigenvalue weighted by Gasteiger charge is -2.30. The summed E-state index contributed by atoms with van der Waals surface area (Å²) in [6, 6.07) is 11.0. The highest BCUT2D eigenvalue weighted by molar-refractivity contribution is 7.98. The third-order valence-corrected chi connectivity index (χ3v) is 6.00. The van der Waals surface area contributed by atoms with Crippen molar-refractivity contribution in [3.63, 3.8) is 0 Å². The predicted octanol–water partition coefficient (Wildman–Crippen LogP) is 1.94. The van der Waals surface area contributed by atoms with Crippen LogP contribution in [0.1, 0.15) is 12.6 Å². The minimum Gasteiger partial charge on any atom is -0.486 e. The number of aliphatic hydroxyl groups is 1. The van der Waals surface area contributed by atoms with Gasteiger partial charge in [-0.25, -0.2) is 4.40 Å². The highest BCUT2D eigenvalue weighted by Gasteiger charge is 2.41.